The van der Waals surface area contributed by atoms with E-state index in [1.54, 1.807) is 0 Å². The van der Waals surface area contributed by atoms with E-state index in [2.05, 4.69) is 90.7 Å². The molecule has 3 aromatic carbocycles. The van der Waals surface area contributed by atoms with Crippen molar-refractivity contribution >= 4 is 29.2 Å². The van der Waals surface area contributed by atoms with Crippen LogP contribution < -0.4 is 10.1 Å². The van der Waals surface area contributed by atoms with E-state index in [4.69, 9.17) is 9.72 Å². The second-order valence-electron chi connectivity index (χ2n) is 15.8. The van der Waals surface area contributed by atoms with Gasteiger partial charge in [0.2, 0.25) is 0 Å². The molecule has 1 spiro atoms. The van der Waals surface area contributed by atoms with Crippen molar-refractivity contribution in [1.29, 1.82) is 5.26 Å². The molecule has 4 aromatic rings. The molecule has 2 aliphatic heterocycles. The molecule has 1 aliphatic carbocycles. The quantitative estimate of drug-likeness (QED) is 0.131. The fraction of sp³-hybridized carbons (Fsp3) is 0.340. The van der Waals surface area contributed by atoms with Gasteiger partial charge in [-0.1, -0.05) is 61.7 Å². The summed E-state index contributed by atoms with van der Waals surface area (Å²) in [6.07, 6.45) is 10.2. The van der Waals surface area contributed by atoms with E-state index < -0.39 is 5.97 Å². The van der Waals surface area contributed by atoms with Crippen LogP contribution in [0.4, 0.5) is 5.69 Å². The highest BCUT2D eigenvalue weighted by Gasteiger charge is 2.54. The van der Waals surface area contributed by atoms with Gasteiger partial charge in [-0.05, 0) is 129 Å². The number of aromatic nitrogens is 1. The minimum absolute atomic E-state index is 0.154. The Balaban J connectivity index is 1.05. The Kier molecular flexibility index (Phi) is 10.8. The first kappa shape index (κ1) is 37.8. The first-order valence-corrected chi connectivity index (χ1v) is 19.3. The molecule has 1 saturated carbocycles. The third-order valence-electron chi connectivity index (χ3n) is 11.7. The molecule has 3 aliphatic rings. The number of rotatable bonds is 13. The summed E-state index contributed by atoms with van der Waals surface area (Å²) in [6.45, 7) is 22.6. The lowest BCUT2D eigenvalue weighted by Crippen LogP contribution is -2.62. The number of aliphatic carboxylic acids is 1. The van der Waals surface area contributed by atoms with E-state index in [-0.39, 0.29) is 11.3 Å². The molecule has 282 valence electrons. The average molecular weight is 734 g/mol. The number of nitrogens with one attached hydrogen (secondary N) is 1. The van der Waals surface area contributed by atoms with Crippen LogP contribution in [0.15, 0.2) is 80.0 Å². The van der Waals surface area contributed by atoms with Crippen LogP contribution in [0.2, 0.25) is 0 Å². The van der Waals surface area contributed by atoms with E-state index in [1.807, 2.05) is 44.3 Å². The molecule has 3 fully saturated rings. The topological polar surface area (TPSA) is 102 Å². The van der Waals surface area contributed by atoms with Crippen LogP contribution >= 0.6 is 0 Å². The average Bonchev–Trinajstić information content (AvgIpc) is 3.64. The van der Waals surface area contributed by atoms with Crippen LogP contribution in [0.5, 0.6) is 5.75 Å². The van der Waals surface area contributed by atoms with Gasteiger partial charge in [0.05, 0.1) is 22.9 Å². The van der Waals surface area contributed by atoms with Crippen LogP contribution in [-0.2, 0) is 17.9 Å². The standard InChI is InChI=1S/C47H51N5O3/c1-7-12-37-21-36(27-51-17-8-9-18-51)25-49-44(37)33(5)50-43-16-11-15-42(32(43)4)41-14-10-13-40(31(41)3)34(6)55-45-30(2)19-35(20-38(45)24-48)26-52-28-47(29-52)22-39(23-47)46(53)54/h7,10-16,19-21,25,39,50H,5-6,8-9,17-18,22-23,26-29H2,1-4H3,(H,53,54)/b12-7-. The van der Waals surface area contributed by atoms with Gasteiger partial charge < -0.3 is 15.2 Å². The number of likely N-dealkylation sites (tertiary alicyclic amines) is 2. The molecule has 8 heteroatoms. The Bertz CT molecular complexity index is 2230. The van der Waals surface area contributed by atoms with Crippen LogP contribution in [0.3, 0.4) is 0 Å². The predicted octanol–water partition coefficient (Wildman–Crippen LogP) is 9.60. The summed E-state index contributed by atoms with van der Waals surface area (Å²) in [4.78, 5) is 21.0. The maximum absolute atomic E-state index is 11.3. The molecule has 2 saturated heterocycles. The molecule has 0 bridgehead atoms. The fourth-order valence-corrected chi connectivity index (χ4v) is 8.91. The minimum Gasteiger partial charge on any atom is -0.481 e. The number of aryl methyl sites for hydroxylation is 1. The smallest absolute Gasteiger partial charge is 0.306 e. The zero-order valence-corrected chi connectivity index (χ0v) is 32.5. The Labute approximate surface area is 325 Å². The summed E-state index contributed by atoms with van der Waals surface area (Å²) in [5.41, 5.74) is 12.5. The molecule has 55 heavy (non-hydrogen) atoms. The number of benzene rings is 3. The van der Waals surface area contributed by atoms with Crippen LogP contribution in [0.25, 0.3) is 28.7 Å². The number of carboxylic acids is 1. The van der Waals surface area contributed by atoms with Gasteiger partial charge >= 0.3 is 5.97 Å². The van der Waals surface area contributed by atoms with E-state index in [1.165, 1.54) is 18.4 Å². The summed E-state index contributed by atoms with van der Waals surface area (Å²) in [6, 6.07) is 20.9. The van der Waals surface area contributed by atoms with Gasteiger partial charge in [-0.3, -0.25) is 19.6 Å². The predicted molar refractivity (Wildman–Crippen MR) is 221 cm³/mol. The highest BCUT2D eigenvalue weighted by Crippen LogP contribution is 2.52. The number of anilines is 1. The molecule has 0 unspecified atom stereocenters. The highest BCUT2D eigenvalue weighted by atomic mass is 16.5. The Morgan fingerprint density at radius 1 is 1.00 bits per heavy atom. The van der Waals surface area contributed by atoms with Crippen LogP contribution in [0, 0.1) is 43.4 Å². The normalized spacial score (nSPS) is 16.8. The largest absolute Gasteiger partial charge is 0.481 e. The SMILES string of the molecule is C=C(Oc1c(C)cc(CN2CC3(CC(C(=O)O)C3)C2)cc1C#N)c1cccc(-c2cccc(NC(=C)c3ncc(CN4CCCC4)cc3/C=C\C)c2C)c1C. The molecule has 0 radical (unpaired) electrons. The van der Waals surface area contributed by atoms with Crippen molar-refractivity contribution < 1.29 is 14.6 Å². The van der Waals surface area contributed by atoms with Crippen LogP contribution in [0.1, 0.15) is 82.8 Å². The third kappa shape index (κ3) is 7.86. The number of nitrogens with zero attached hydrogens (tertiary/aromatic N) is 4. The van der Waals surface area contributed by atoms with Crippen molar-refractivity contribution in [2.45, 2.75) is 66.5 Å². The minimum atomic E-state index is -0.682. The van der Waals surface area contributed by atoms with Gasteiger partial charge in [0.15, 0.2) is 0 Å². The molecule has 8 nitrogen and oxygen atoms in total. The summed E-state index contributed by atoms with van der Waals surface area (Å²) in [7, 11) is 0. The lowest BCUT2D eigenvalue weighted by molar-refractivity contribution is -0.161. The molecule has 0 amide bonds. The fourth-order valence-electron chi connectivity index (χ4n) is 8.91. The van der Waals surface area contributed by atoms with E-state index in [9.17, 15) is 15.2 Å². The van der Waals surface area contributed by atoms with Crippen LogP contribution in [-0.4, -0.2) is 52.0 Å². The number of carbonyl (C=O) groups is 1. The lowest BCUT2D eigenvalue weighted by Gasteiger charge is -2.58. The van der Waals surface area contributed by atoms with Crippen molar-refractivity contribution in [3.05, 3.63) is 130 Å². The van der Waals surface area contributed by atoms with E-state index in [0.29, 0.717) is 17.1 Å². The second kappa shape index (κ2) is 15.7. The number of pyridine rings is 1. The summed E-state index contributed by atoms with van der Waals surface area (Å²) in [5, 5.41) is 23.0. The summed E-state index contributed by atoms with van der Waals surface area (Å²) >= 11 is 0. The number of carboxylic acid groups (broad SMARTS) is 1. The number of hydrogen-bond donors (Lipinski definition) is 2. The van der Waals surface area contributed by atoms with Gasteiger partial charge in [-0.2, -0.15) is 5.26 Å². The molecule has 0 atom stereocenters. The zero-order chi connectivity index (χ0) is 38.9. The Morgan fingerprint density at radius 2 is 1.69 bits per heavy atom. The Hall–Kier alpha value is -5.49. The first-order valence-electron chi connectivity index (χ1n) is 19.3. The number of ether oxygens (including phenoxy) is 1. The van der Waals surface area contributed by atoms with Gasteiger partial charge in [-0.15, -0.1) is 0 Å². The lowest BCUT2D eigenvalue weighted by atomic mass is 9.57. The van der Waals surface area contributed by atoms with Crippen molar-refractivity contribution in [3.63, 3.8) is 0 Å². The van der Waals surface area contributed by atoms with Gasteiger partial charge in [-0.25, -0.2) is 0 Å². The summed E-state index contributed by atoms with van der Waals surface area (Å²) < 4.78 is 6.43. The number of allylic oxidation sites excluding steroid dienone is 1. The zero-order valence-electron chi connectivity index (χ0n) is 32.5. The van der Waals surface area contributed by atoms with Crippen molar-refractivity contribution in [3.8, 4) is 22.9 Å². The van der Waals surface area contributed by atoms with Crippen molar-refractivity contribution in [2.24, 2.45) is 11.3 Å². The summed E-state index contributed by atoms with van der Waals surface area (Å²) in [5.74, 6) is 0.109. The maximum atomic E-state index is 11.3. The maximum Gasteiger partial charge on any atom is 0.306 e. The highest BCUT2D eigenvalue weighted by molar-refractivity contribution is 5.85. The molecular formula is C47H51N5O3. The molecule has 2 N–H and O–H groups in total. The monoisotopic (exact) mass is 733 g/mol. The van der Waals surface area contributed by atoms with Crippen molar-refractivity contribution in [2.75, 3.05) is 31.5 Å². The number of nitriles is 1. The van der Waals surface area contributed by atoms with Gasteiger partial charge in [0, 0.05) is 49.2 Å². The molecule has 3 heterocycles. The van der Waals surface area contributed by atoms with E-state index >= 15 is 0 Å². The third-order valence-corrected chi connectivity index (χ3v) is 11.7. The molecule has 7 rings (SSSR count). The first-order chi connectivity index (χ1) is 26.5. The molecule has 1 aromatic heterocycles. The van der Waals surface area contributed by atoms with Gasteiger partial charge in [0.25, 0.3) is 0 Å². The Morgan fingerprint density at radius 3 is 2.38 bits per heavy atom. The second-order valence-corrected chi connectivity index (χ2v) is 15.8. The van der Waals surface area contributed by atoms with Gasteiger partial charge in [0.1, 0.15) is 17.6 Å². The van der Waals surface area contributed by atoms with Crippen molar-refractivity contribution in [1.82, 2.24) is 14.8 Å². The molecular weight excluding hydrogens is 683 g/mol. The number of hydrogen-bond acceptors (Lipinski definition) is 7. The van der Waals surface area contributed by atoms with E-state index in [0.717, 1.165) is 114 Å².